The minimum Gasteiger partial charge on any atom is -0.490 e. The fraction of sp³-hybridized carbons (Fsp3) is 0.250. The zero-order valence-electron chi connectivity index (χ0n) is 12.2. The molecule has 3 N–H and O–H groups in total. The monoisotopic (exact) mass is 306 g/mol. The van der Waals surface area contributed by atoms with Crippen molar-refractivity contribution in [3.05, 3.63) is 41.4 Å². The van der Waals surface area contributed by atoms with Crippen molar-refractivity contribution in [1.29, 1.82) is 0 Å². The summed E-state index contributed by atoms with van der Waals surface area (Å²) < 4.78 is 11.1. The van der Waals surface area contributed by atoms with Gasteiger partial charge in [0.2, 0.25) is 0 Å². The highest BCUT2D eigenvalue weighted by Crippen LogP contribution is 2.35. The first-order valence-electron chi connectivity index (χ1n) is 6.86. The highest BCUT2D eigenvalue weighted by atomic mass is 35.5. The van der Waals surface area contributed by atoms with Gasteiger partial charge in [0.15, 0.2) is 11.5 Å². The molecule has 4 nitrogen and oxygen atoms in total. The second kappa shape index (κ2) is 7.09. The SMILES string of the molecule is CCOc1ccc(Nc2c(N)cccc2Cl)cc1OCC. The summed E-state index contributed by atoms with van der Waals surface area (Å²) in [6.07, 6.45) is 0. The van der Waals surface area contributed by atoms with E-state index in [1.54, 1.807) is 12.1 Å². The number of benzene rings is 2. The largest absolute Gasteiger partial charge is 0.490 e. The average molecular weight is 307 g/mol. The lowest BCUT2D eigenvalue weighted by Gasteiger charge is -2.15. The lowest BCUT2D eigenvalue weighted by Crippen LogP contribution is -2.01. The standard InChI is InChI=1S/C16H19ClN2O2/c1-3-20-14-9-8-11(10-15(14)21-4-2)19-16-12(17)6-5-7-13(16)18/h5-10,19H,3-4,18H2,1-2H3. The Kier molecular flexibility index (Phi) is 5.17. The molecule has 0 saturated heterocycles. The maximum atomic E-state index is 6.16. The summed E-state index contributed by atoms with van der Waals surface area (Å²) >= 11 is 6.16. The maximum Gasteiger partial charge on any atom is 0.163 e. The van der Waals surface area contributed by atoms with E-state index in [0.717, 1.165) is 11.4 Å². The van der Waals surface area contributed by atoms with Gasteiger partial charge in [0.05, 0.1) is 29.6 Å². The number of rotatable bonds is 6. The third-order valence-electron chi connectivity index (χ3n) is 2.86. The molecule has 2 aromatic rings. The van der Waals surface area contributed by atoms with Crippen molar-refractivity contribution in [3.8, 4) is 11.5 Å². The molecule has 21 heavy (non-hydrogen) atoms. The summed E-state index contributed by atoms with van der Waals surface area (Å²) in [7, 11) is 0. The summed E-state index contributed by atoms with van der Waals surface area (Å²) in [4.78, 5) is 0. The number of hydrogen-bond donors (Lipinski definition) is 2. The van der Waals surface area contributed by atoms with Gasteiger partial charge in [-0.3, -0.25) is 0 Å². The first kappa shape index (κ1) is 15.3. The predicted octanol–water partition coefficient (Wildman–Crippen LogP) is 4.46. The fourth-order valence-electron chi connectivity index (χ4n) is 1.95. The predicted molar refractivity (Wildman–Crippen MR) is 87.9 cm³/mol. The van der Waals surface area contributed by atoms with E-state index in [1.807, 2.05) is 38.1 Å². The molecule has 0 spiro atoms. The molecule has 0 atom stereocenters. The van der Waals surface area contributed by atoms with Gasteiger partial charge in [-0.05, 0) is 38.1 Å². The van der Waals surface area contributed by atoms with Crippen LogP contribution in [0.5, 0.6) is 11.5 Å². The zero-order valence-corrected chi connectivity index (χ0v) is 12.9. The fourth-order valence-corrected chi connectivity index (χ4v) is 2.17. The Balaban J connectivity index is 2.30. The molecule has 2 rings (SSSR count). The maximum absolute atomic E-state index is 6.16. The van der Waals surface area contributed by atoms with Gasteiger partial charge in [-0.25, -0.2) is 0 Å². The van der Waals surface area contributed by atoms with Crippen molar-refractivity contribution in [2.75, 3.05) is 24.3 Å². The Hall–Kier alpha value is -2.07. The van der Waals surface area contributed by atoms with Crippen LogP contribution in [0, 0.1) is 0 Å². The third-order valence-corrected chi connectivity index (χ3v) is 3.17. The molecule has 0 aliphatic heterocycles. The molecule has 0 amide bonds. The molecule has 0 fully saturated rings. The Labute approximate surface area is 129 Å². The Bertz CT molecular complexity index is 597. The molecule has 5 heteroatoms. The number of nitrogens with two attached hydrogens (primary N) is 1. The third kappa shape index (κ3) is 3.73. The molecule has 0 unspecified atom stereocenters. The van der Waals surface area contributed by atoms with Crippen LogP contribution in [0.1, 0.15) is 13.8 Å². The smallest absolute Gasteiger partial charge is 0.163 e. The normalized spacial score (nSPS) is 10.2. The summed E-state index contributed by atoms with van der Waals surface area (Å²) in [5.41, 5.74) is 8.05. The second-order valence-electron chi connectivity index (χ2n) is 4.36. The minimum absolute atomic E-state index is 0.567. The minimum atomic E-state index is 0.567. The quantitative estimate of drug-likeness (QED) is 0.773. The summed E-state index contributed by atoms with van der Waals surface area (Å²) in [6, 6.07) is 11.0. The van der Waals surface area contributed by atoms with Crippen LogP contribution in [0.3, 0.4) is 0 Å². The summed E-state index contributed by atoms with van der Waals surface area (Å²) in [5, 5.41) is 3.79. The molecule has 0 saturated carbocycles. The number of para-hydroxylation sites is 1. The number of ether oxygens (including phenoxy) is 2. The Morgan fingerprint density at radius 3 is 2.43 bits per heavy atom. The summed E-state index contributed by atoms with van der Waals surface area (Å²) in [6.45, 7) is 5.02. The van der Waals surface area contributed by atoms with Crippen LogP contribution < -0.4 is 20.5 Å². The van der Waals surface area contributed by atoms with Gasteiger partial charge in [-0.15, -0.1) is 0 Å². The number of halogens is 1. The van der Waals surface area contributed by atoms with E-state index in [2.05, 4.69) is 5.32 Å². The van der Waals surface area contributed by atoms with E-state index in [0.29, 0.717) is 35.4 Å². The Morgan fingerprint density at radius 1 is 1.05 bits per heavy atom. The molecule has 0 heterocycles. The molecule has 2 aromatic carbocycles. The van der Waals surface area contributed by atoms with Gasteiger partial charge in [0.1, 0.15) is 0 Å². The molecule has 0 bridgehead atoms. The van der Waals surface area contributed by atoms with Crippen molar-refractivity contribution >= 4 is 28.7 Å². The van der Waals surface area contributed by atoms with E-state index >= 15 is 0 Å². The van der Waals surface area contributed by atoms with Crippen LogP contribution >= 0.6 is 11.6 Å². The van der Waals surface area contributed by atoms with Crippen molar-refractivity contribution in [2.24, 2.45) is 0 Å². The number of anilines is 3. The van der Waals surface area contributed by atoms with E-state index in [9.17, 15) is 0 Å². The van der Waals surface area contributed by atoms with Crippen LogP contribution in [-0.2, 0) is 0 Å². The highest BCUT2D eigenvalue weighted by Gasteiger charge is 2.09. The molecule has 0 aliphatic carbocycles. The van der Waals surface area contributed by atoms with Crippen molar-refractivity contribution in [1.82, 2.24) is 0 Å². The summed E-state index contributed by atoms with van der Waals surface area (Å²) in [5.74, 6) is 1.41. The van der Waals surface area contributed by atoms with Crippen LogP contribution in [0.2, 0.25) is 5.02 Å². The van der Waals surface area contributed by atoms with E-state index < -0.39 is 0 Å². The van der Waals surface area contributed by atoms with Crippen LogP contribution in [0.25, 0.3) is 0 Å². The van der Waals surface area contributed by atoms with Gasteiger partial charge in [0, 0.05) is 11.8 Å². The lowest BCUT2D eigenvalue weighted by molar-refractivity contribution is 0.288. The average Bonchev–Trinajstić information content (AvgIpc) is 2.46. The van der Waals surface area contributed by atoms with Crippen LogP contribution in [-0.4, -0.2) is 13.2 Å². The number of hydrogen-bond acceptors (Lipinski definition) is 4. The molecule has 0 aromatic heterocycles. The van der Waals surface area contributed by atoms with Crippen LogP contribution in [0.15, 0.2) is 36.4 Å². The van der Waals surface area contributed by atoms with Crippen molar-refractivity contribution in [2.45, 2.75) is 13.8 Å². The molecule has 0 radical (unpaired) electrons. The van der Waals surface area contributed by atoms with Crippen molar-refractivity contribution < 1.29 is 9.47 Å². The number of nitrogens with one attached hydrogen (secondary N) is 1. The van der Waals surface area contributed by atoms with Gasteiger partial charge in [0.25, 0.3) is 0 Å². The van der Waals surface area contributed by atoms with Crippen molar-refractivity contribution in [3.63, 3.8) is 0 Å². The first-order chi connectivity index (χ1) is 10.2. The number of nitrogen functional groups attached to an aromatic ring is 1. The van der Waals surface area contributed by atoms with E-state index in [1.165, 1.54) is 0 Å². The van der Waals surface area contributed by atoms with Gasteiger partial charge in [-0.2, -0.15) is 0 Å². The molecule has 0 aliphatic rings. The van der Waals surface area contributed by atoms with Gasteiger partial charge in [-0.1, -0.05) is 17.7 Å². The van der Waals surface area contributed by atoms with Gasteiger partial charge < -0.3 is 20.5 Å². The molecular weight excluding hydrogens is 288 g/mol. The topological polar surface area (TPSA) is 56.5 Å². The first-order valence-corrected chi connectivity index (χ1v) is 7.24. The lowest BCUT2D eigenvalue weighted by atomic mass is 10.2. The van der Waals surface area contributed by atoms with Gasteiger partial charge >= 0.3 is 0 Å². The Morgan fingerprint density at radius 2 is 1.76 bits per heavy atom. The molecule has 112 valence electrons. The zero-order chi connectivity index (χ0) is 15.2. The highest BCUT2D eigenvalue weighted by molar-refractivity contribution is 6.34. The second-order valence-corrected chi connectivity index (χ2v) is 4.76. The van der Waals surface area contributed by atoms with E-state index in [4.69, 9.17) is 26.8 Å². The van der Waals surface area contributed by atoms with Crippen LogP contribution in [0.4, 0.5) is 17.1 Å². The van der Waals surface area contributed by atoms with E-state index in [-0.39, 0.29) is 0 Å². The molecular formula is C16H19ClN2O2.